The van der Waals surface area contributed by atoms with Gasteiger partial charge < -0.3 is 0 Å². The Morgan fingerprint density at radius 2 is 1.84 bits per heavy atom. The fourth-order valence-electron chi connectivity index (χ4n) is 1.35. The Bertz CT molecular complexity index is 388. The van der Waals surface area contributed by atoms with Crippen molar-refractivity contribution in [1.82, 2.24) is 5.32 Å². The highest BCUT2D eigenvalue weighted by Crippen LogP contribution is 2.11. The molecule has 0 heterocycles. The lowest BCUT2D eigenvalue weighted by molar-refractivity contribution is -0.125. The van der Waals surface area contributed by atoms with Crippen molar-refractivity contribution in [2.24, 2.45) is 0 Å². The minimum Gasteiger partial charge on any atom is -0.299 e. The van der Waals surface area contributed by atoms with Crippen LogP contribution in [0.1, 0.15) is 38.7 Å². The molecule has 1 aromatic rings. The van der Waals surface area contributed by atoms with E-state index >= 15 is 0 Å². The van der Waals surface area contributed by atoms with Crippen molar-refractivity contribution < 1.29 is 18.4 Å². The van der Waals surface area contributed by atoms with Gasteiger partial charge in [0.25, 0.3) is 0 Å². The molecule has 0 saturated carbocycles. The molecular weight excluding hydrogens is 252 g/mol. The number of rotatable bonds is 5. The van der Waals surface area contributed by atoms with E-state index in [0.717, 1.165) is 12.8 Å². The van der Waals surface area contributed by atoms with E-state index in [1.54, 1.807) is 6.92 Å². The third-order valence-corrected chi connectivity index (χ3v) is 2.39. The van der Waals surface area contributed by atoms with Crippen molar-refractivity contribution in [2.45, 2.75) is 39.5 Å². The molecule has 0 aliphatic heterocycles. The number of halogens is 2. The number of carbonyl (C=O) groups is 2. The average Bonchev–Trinajstić information content (AvgIpc) is 2.38. The molecule has 2 amide bonds. The summed E-state index contributed by atoms with van der Waals surface area (Å²) in [5.74, 6) is -1.10. The maximum Gasteiger partial charge on any atom is 0.226 e. The number of benzene rings is 1. The Morgan fingerprint density at radius 3 is 2.21 bits per heavy atom. The van der Waals surface area contributed by atoms with Crippen LogP contribution in [0.5, 0.6) is 0 Å². The minimum absolute atomic E-state index is 0.169. The molecule has 19 heavy (non-hydrogen) atoms. The lowest BCUT2D eigenvalue weighted by atomic mass is 10.1. The SMILES string of the molecule is CCCCC(=O)NC=O.CCc1c(F)cccc1F. The molecule has 1 N–H and O–H groups in total. The van der Waals surface area contributed by atoms with Crippen LogP contribution in [-0.2, 0) is 16.0 Å². The summed E-state index contributed by atoms with van der Waals surface area (Å²) in [4.78, 5) is 20.1. The highest BCUT2D eigenvalue weighted by Gasteiger charge is 2.03. The van der Waals surface area contributed by atoms with Gasteiger partial charge in [0.05, 0.1) is 0 Å². The first-order valence-corrected chi connectivity index (χ1v) is 6.22. The van der Waals surface area contributed by atoms with Crippen LogP contribution in [0.15, 0.2) is 18.2 Å². The number of hydrogen-bond acceptors (Lipinski definition) is 2. The molecule has 3 nitrogen and oxygen atoms in total. The van der Waals surface area contributed by atoms with Crippen LogP contribution in [0.4, 0.5) is 8.78 Å². The molecule has 0 unspecified atom stereocenters. The summed E-state index contributed by atoms with van der Waals surface area (Å²) >= 11 is 0. The smallest absolute Gasteiger partial charge is 0.226 e. The molecule has 0 fully saturated rings. The zero-order valence-electron chi connectivity index (χ0n) is 11.2. The molecule has 106 valence electrons. The van der Waals surface area contributed by atoms with Crippen molar-refractivity contribution in [2.75, 3.05) is 0 Å². The van der Waals surface area contributed by atoms with Crippen LogP contribution in [0, 0.1) is 11.6 Å². The van der Waals surface area contributed by atoms with E-state index in [1.165, 1.54) is 18.2 Å². The molecule has 0 saturated heterocycles. The number of nitrogens with one attached hydrogen (secondary N) is 1. The third kappa shape index (κ3) is 7.28. The Morgan fingerprint density at radius 1 is 1.26 bits per heavy atom. The maximum absolute atomic E-state index is 12.6. The quantitative estimate of drug-likeness (QED) is 0.837. The van der Waals surface area contributed by atoms with Gasteiger partial charge >= 0.3 is 0 Å². The monoisotopic (exact) mass is 271 g/mol. The van der Waals surface area contributed by atoms with E-state index in [-0.39, 0.29) is 11.5 Å². The van der Waals surface area contributed by atoms with Crippen LogP contribution in [0.25, 0.3) is 0 Å². The van der Waals surface area contributed by atoms with Crippen LogP contribution in [0.2, 0.25) is 0 Å². The molecule has 0 aliphatic carbocycles. The van der Waals surface area contributed by atoms with Crippen LogP contribution < -0.4 is 5.32 Å². The van der Waals surface area contributed by atoms with Gasteiger partial charge in [-0.05, 0) is 25.0 Å². The van der Waals surface area contributed by atoms with Gasteiger partial charge in [0.2, 0.25) is 12.3 Å². The Labute approximate surface area is 112 Å². The van der Waals surface area contributed by atoms with Crippen LogP contribution >= 0.6 is 0 Å². The first kappa shape index (κ1) is 17.2. The summed E-state index contributed by atoms with van der Waals surface area (Å²) in [6, 6.07) is 3.90. The number of hydrogen-bond donors (Lipinski definition) is 1. The van der Waals surface area contributed by atoms with E-state index in [9.17, 15) is 18.4 Å². The maximum atomic E-state index is 12.6. The number of amides is 2. The molecule has 1 rings (SSSR count). The Kier molecular flexibility index (Phi) is 9.22. The van der Waals surface area contributed by atoms with Crippen molar-refractivity contribution in [3.63, 3.8) is 0 Å². The Hall–Kier alpha value is -1.78. The van der Waals surface area contributed by atoms with E-state index in [0.29, 0.717) is 19.3 Å². The fourth-order valence-corrected chi connectivity index (χ4v) is 1.35. The standard InChI is InChI=1S/C8H8F2.C6H11NO2/c1-2-6-7(9)4-3-5-8(6)10;1-2-3-4-6(9)7-5-8/h3-5H,2H2,1H3;5H,2-4H2,1H3,(H,7,8,9). The van der Waals surface area contributed by atoms with E-state index in [4.69, 9.17) is 0 Å². The van der Waals surface area contributed by atoms with E-state index in [1.807, 2.05) is 6.92 Å². The lowest BCUT2D eigenvalue weighted by Crippen LogP contribution is -2.20. The van der Waals surface area contributed by atoms with Gasteiger partial charge in [0, 0.05) is 12.0 Å². The van der Waals surface area contributed by atoms with Gasteiger partial charge in [-0.15, -0.1) is 0 Å². The first-order valence-electron chi connectivity index (χ1n) is 6.22. The highest BCUT2D eigenvalue weighted by molar-refractivity contribution is 5.85. The second-order valence-corrected chi connectivity index (χ2v) is 3.84. The molecule has 0 bridgehead atoms. The Balaban J connectivity index is 0.000000344. The lowest BCUT2D eigenvalue weighted by Gasteiger charge is -1.98. The number of carbonyl (C=O) groups excluding carboxylic acids is 2. The minimum atomic E-state index is -0.456. The van der Waals surface area contributed by atoms with Gasteiger partial charge in [0.1, 0.15) is 11.6 Å². The highest BCUT2D eigenvalue weighted by atomic mass is 19.1. The summed E-state index contributed by atoms with van der Waals surface area (Å²) in [6.07, 6.45) is 3.09. The second kappa shape index (κ2) is 10.2. The molecule has 5 heteroatoms. The van der Waals surface area contributed by atoms with Gasteiger partial charge in [0.15, 0.2) is 0 Å². The van der Waals surface area contributed by atoms with Crippen LogP contribution in [-0.4, -0.2) is 12.3 Å². The summed E-state index contributed by atoms with van der Waals surface area (Å²) in [5.41, 5.74) is 0.169. The molecule has 1 aromatic carbocycles. The predicted molar refractivity (Wildman–Crippen MR) is 69.5 cm³/mol. The van der Waals surface area contributed by atoms with Crippen molar-refractivity contribution in [3.8, 4) is 0 Å². The third-order valence-electron chi connectivity index (χ3n) is 2.39. The first-order chi connectivity index (χ1) is 9.06. The molecular formula is C14H19F2NO2. The predicted octanol–water partition coefficient (Wildman–Crippen LogP) is 2.98. The summed E-state index contributed by atoms with van der Waals surface area (Å²) in [6.45, 7) is 3.72. The van der Waals surface area contributed by atoms with Gasteiger partial charge in [-0.25, -0.2) is 8.78 Å². The molecule has 0 aromatic heterocycles. The largest absolute Gasteiger partial charge is 0.299 e. The molecule has 0 radical (unpaired) electrons. The van der Waals surface area contributed by atoms with Crippen molar-refractivity contribution in [3.05, 3.63) is 35.4 Å². The molecule has 0 spiro atoms. The molecule has 0 atom stereocenters. The van der Waals surface area contributed by atoms with Crippen molar-refractivity contribution in [1.29, 1.82) is 0 Å². The van der Waals surface area contributed by atoms with Crippen LogP contribution in [0.3, 0.4) is 0 Å². The summed E-state index contributed by atoms with van der Waals surface area (Å²) in [5, 5.41) is 2.06. The fraction of sp³-hybridized carbons (Fsp3) is 0.429. The van der Waals surface area contributed by atoms with E-state index < -0.39 is 11.6 Å². The summed E-state index contributed by atoms with van der Waals surface area (Å²) in [7, 11) is 0. The zero-order valence-corrected chi connectivity index (χ0v) is 11.2. The van der Waals surface area contributed by atoms with Gasteiger partial charge in [-0.2, -0.15) is 0 Å². The topological polar surface area (TPSA) is 46.2 Å². The second-order valence-electron chi connectivity index (χ2n) is 3.84. The zero-order chi connectivity index (χ0) is 14.7. The molecule has 0 aliphatic rings. The van der Waals surface area contributed by atoms with Gasteiger partial charge in [-0.1, -0.05) is 26.3 Å². The van der Waals surface area contributed by atoms with Gasteiger partial charge in [-0.3, -0.25) is 14.9 Å². The van der Waals surface area contributed by atoms with Crippen molar-refractivity contribution >= 4 is 12.3 Å². The number of imide groups is 1. The average molecular weight is 271 g/mol. The van der Waals surface area contributed by atoms with E-state index in [2.05, 4.69) is 5.32 Å². The number of unbranched alkanes of at least 4 members (excludes halogenated alkanes) is 1. The summed E-state index contributed by atoms with van der Waals surface area (Å²) < 4.78 is 25.2. The normalized spacial score (nSPS) is 9.26.